The van der Waals surface area contributed by atoms with E-state index in [0.717, 1.165) is 6.54 Å². The van der Waals surface area contributed by atoms with E-state index in [4.69, 9.17) is 0 Å². The van der Waals surface area contributed by atoms with Crippen molar-refractivity contribution in [1.29, 1.82) is 0 Å². The van der Waals surface area contributed by atoms with Gasteiger partial charge in [0.1, 0.15) is 5.69 Å². The molecule has 4 aliphatic heterocycles. The molecule has 0 aliphatic carbocycles. The lowest BCUT2D eigenvalue weighted by Gasteiger charge is -2.51. The van der Waals surface area contributed by atoms with Gasteiger partial charge in [0.05, 0.1) is 12.2 Å². The number of carbonyl (C=O) groups is 1. The topological polar surface area (TPSA) is 49.3 Å². The van der Waals surface area contributed by atoms with Crippen LogP contribution in [0.5, 0.6) is 0 Å². The van der Waals surface area contributed by atoms with Crippen LogP contribution in [-0.4, -0.2) is 57.4 Å². The number of hydrogen-bond acceptors (Lipinski definition) is 4. The lowest BCUT2D eigenvalue weighted by molar-refractivity contribution is -0.00359. The number of carbonyl (C=O) groups excluding carboxylic acids is 1. The summed E-state index contributed by atoms with van der Waals surface area (Å²) in [6.07, 6.45) is 7.21. The Balaban J connectivity index is 1.53. The average Bonchev–Trinajstić information content (AvgIpc) is 3.12. The molecule has 1 aromatic heterocycles. The van der Waals surface area contributed by atoms with Crippen molar-refractivity contribution >= 4 is 5.91 Å². The minimum absolute atomic E-state index is 0.0373. The monoisotopic (exact) mass is 334 g/mol. The molecule has 128 valence electrons. The minimum Gasteiger partial charge on any atom is -0.332 e. The van der Waals surface area contributed by atoms with Crippen LogP contribution >= 0.6 is 0 Å². The van der Waals surface area contributed by atoms with Crippen molar-refractivity contribution in [2.24, 2.45) is 5.92 Å². The number of hydrogen-bond donors (Lipinski definition) is 0. The maximum Gasteiger partial charge on any atom is 0.274 e. The molecule has 0 saturated carbocycles. The summed E-state index contributed by atoms with van der Waals surface area (Å²) in [5.74, 6) is 1.04. The molecule has 3 atom stereocenters. The molecule has 5 heterocycles. The van der Waals surface area contributed by atoms with E-state index in [2.05, 4.69) is 50.1 Å². The molecule has 0 radical (unpaired) electrons. The number of amides is 1. The van der Waals surface area contributed by atoms with Crippen LogP contribution < -0.4 is 0 Å². The van der Waals surface area contributed by atoms with Crippen molar-refractivity contribution in [3.8, 4) is 0 Å². The summed E-state index contributed by atoms with van der Waals surface area (Å²) in [7, 11) is 0. The highest BCUT2D eigenvalue weighted by Gasteiger charge is 2.54. The first-order chi connectivity index (χ1) is 12.3. The van der Waals surface area contributed by atoms with Crippen LogP contribution in [0.15, 0.2) is 48.9 Å². The number of nitrogens with zero attached hydrogens (tertiary/aromatic N) is 4. The quantitative estimate of drug-likeness (QED) is 0.845. The highest BCUT2D eigenvalue weighted by atomic mass is 16.2. The lowest BCUT2D eigenvalue weighted by Crippen LogP contribution is -2.60. The fourth-order valence-electron chi connectivity index (χ4n) is 5.20. The standard InChI is InChI=1S/C20H22N4O/c25-20(17-12-21-8-9-22-17)24-13-16(14-4-2-1-3-5-14)19-18(24)15-6-10-23(19)11-7-15/h1-5,8-9,12,15-16,18-19H,6-7,10-11,13H2/t16-,18+,19+/m1/s1. The fourth-order valence-corrected chi connectivity index (χ4v) is 5.20. The normalized spacial score (nSPS) is 33.3. The molecule has 2 bridgehead atoms. The molecule has 5 nitrogen and oxygen atoms in total. The molecule has 1 aromatic carbocycles. The van der Waals surface area contributed by atoms with Gasteiger partial charge in [0.2, 0.25) is 0 Å². The highest BCUT2D eigenvalue weighted by molar-refractivity contribution is 5.92. The molecule has 4 aliphatic rings. The molecule has 2 aromatic rings. The van der Waals surface area contributed by atoms with E-state index < -0.39 is 0 Å². The highest BCUT2D eigenvalue weighted by Crippen LogP contribution is 2.46. The van der Waals surface area contributed by atoms with Crippen molar-refractivity contribution in [2.75, 3.05) is 19.6 Å². The van der Waals surface area contributed by atoms with Crippen LogP contribution in [0, 0.1) is 5.92 Å². The van der Waals surface area contributed by atoms with Crippen molar-refractivity contribution in [3.05, 3.63) is 60.2 Å². The van der Waals surface area contributed by atoms with Crippen molar-refractivity contribution in [3.63, 3.8) is 0 Å². The van der Waals surface area contributed by atoms with Crippen molar-refractivity contribution in [2.45, 2.75) is 30.8 Å². The summed E-state index contributed by atoms with van der Waals surface area (Å²) < 4.78 is 0. The number of piperidine rings is 3. The SMILES string of the molecule is O=C(c1cnccn1)N1C[C@H](c2ccccc2)[C@H]2[C@@H]1C1CCN2CC1. The van der Waals surface area contributed by atoms with Gasteiger partial charge in [-0.15, -0.1) is 0 Å². The molecule has 25 heavy (non-hydrogen) atoms. The Morgan fingerprint density at radius 3 is 2.56 bits per heavy atom. The second kappa shape index (κ2) is 5.92. The fraction of sp³-hybridized carbons (Fsp3) is 0.450. The van der Waals surface area contributed by atoms with Gasteiger partial charge in [0, 0.05) is 30.9 Å². The number of aromatic nitrogens is 2. The molecule has 5 heteroatoms. The zero-order valence-corrected chi connectivity index (χ0v) is 14.2. The number of fused-ring (bicyclic) bond motifs is 2. The van der Waals surface area contributed by atoms with Crippen molar-refractivity contribution in [1.82, 2.24) is 19.8 Å². The van der Waals surface area contributed by atoms with Gasteiger partial charge in [0.15, 0.2) is 0 Å². The first kappa shape index (κ1) is 15.0. The number of benzene rings is 1. The second-order valence-electron chi connectivity index (χ2n) is 7.42. The summed E-state index contributed by atoms with van der Waals surface area (Å²) in [4.78, 5) is 26.2. The van der Waals surface area contributed by atoms with Gasteiger partial charge in [0.25, 0.3) is 5.91 Å². The number of likely N-dealkylation sites (tertiary alicyclic amines) is 1. The molecular weight excluding hydrogens is 312 g/mol. The van der Waals surface area contributed by atoms with Gasteiger partial charge in [-0.3, -0.25) is 14.7 Å². The Hall–Kier alpha value is -2.27. The second-order valence-corrected chi connectivity index (χ2v) is 7.42. The van der Waals surface area contributed by atoms with E-state index in [0.29, 0.717) is 29.6 Å². The molecule has 0 N–H and O–H groups in total. The van der Waals surface area contributed by atoms with Crippen LogP contribution in [-0.2, 0) is 0 Å². The molecular formula is C20H22N4O. The first-order valence-electron chi connectivity index (χ1n) is 9.19. The Morgan fingerprint density at radius 2 is 1.84 bits per heavy atom. The third-order valence-electron chi connectivity index (χ3n) is 6.27. The van der Waals surface area contributed by atoms with Crippen molar-refractivity contribution < 1.29 is 4.79 Å². The molecule has 0 unspecified atom stereocenters. The largest absolute Gasteiger partial charge is 0.332 e. The predicted molar refractivity (Wildman–Crippen MR) is 94.1 cm³/mol. The van der Waals surface area contributed by atoms with Crippen LogP contribution in [0.2, 0.25) is 0 Å². The van der Waals surface area contributed by atoms with Gasteiger partial charge in [-0.25, -0.2) is 4.98 Å². The third kappa shape index (κ3) is 2.37. The predicted octanol–water partition coefficient (Wildman–Crippen LogP) is 2.18. The Morgan fingerprint density at radius 1 is 1.04 bits per heavy atom. The zero-order valence-electron chi connectivity index (χ0n) is 14.2. The zero-order chi connectivity index (χ0) is 16.8. The van der Waals surface area contributed by atoms with Gasteiger partial charge in [-0.05, 0) is 37.4 Å². The smallest absolute Gasteiger partial charge is 0.274 e. The minimum atomic E-state index is 0.0373. The van der Waals surface area contributed by atoms with E-state index in [1.54, 1.807) is 18.6 Å². The first-order valence-corrected chi connectivity index (χ1v) is 9.19. The maximum atomic E-state index is 13.2. The summed E-state index contributed by atoms with van der Waals surface area (Å²) in [5.41, 5.74) is 1.81. The van der Waals surface area contributed by atoms with Crippen LogP contribution in [0.4, 0.5) is 0 Å². The Bertz CT molecular complexity index is 758. The third-order valence-corrected chi connectivity index (χ3v) is 6.27. The lowest BCUT2D eigenvalue weighted by atomic mass is 9.75. The maximum absolute atomic E-state index is 13.2. The van der Waals surface area contributed by atoms with Gasteiger partial charge in [-0.1, -0.05) is 30.3 Å². The number of rotatable bonds is 2. The summed E-state index contributed by atoms with van der Waals surface area (Å²) in [6, 6.07) is 11.4. The molecule has 1 amide bonds. The van der Waals surface area contributed by atoms with E-state index in [9.17, 15) is 4.79 Å². The summed E-state index contributed by atoms with van der Waals surface area (Å²) in [6.45, 7) is 3.12. The van der Waals surface area contributed by atoms with Gasteiger partial charge < -0.3 is 4.90 Å². The van der Waals surface area contributed by atoms with E-state index in [-0.39, 0.29) is 5.91 Å². The molecule has 6 rings (SSSR count). The van der Waals surface area contributed by atoms with E-state index >= 15 is 0 Å². The molecule has 0 spiro atoms. The summed E-state index contributed by atoms with van der Waals surface area (Å²) >= 11 is 0. The molecule has 4 fully saturated rings. The van der Waals surface area contributed by atoms with E-state index in [1.165, 1.54) is 31.5 Å². The summed E-state index contributed by atoms with van der Waals surface area (Å²) in [5, 5.41) is 0. The van der Waals surface area contributed by atoms with Crippen LogP contribution in [0.3, 0.4) is 0 Å². The van der Waals surface area contributed by atoms with Gasteiger partial charge in [-0.2, -0.15) is 0 Å². The van der Waals surface area contributed by atoms with Crippen LogP contribution in [0.1, 0.15) is 34.8 Å². The Kier molecular flexibility index (Phi) is 3.55. The Labute approximate surface area is 147 Å². The average molecular weight is 334 g/mol. The van der Waals surface area contributed by atoms with Gasteiger partial charge >= 0.3 is 0 Å². The molecule has 4 saturated heterocycles. The van der Waals surface area contributed by atoms with Crippen LogP contribution in [0.25, 0.3) is 0 Å². The van der Waals surface area contributed by atoms with E-state index in [1.807, 2.05) is 0 Å².